The van der Waals surface area contributed by atoms with Crippen molar-refractivity contribution in [3.63, 3.8) is 0 Å². The average Bonchev–Trinajstić information content (AvgIpc) is 2.99. The highest BCUT2D eigenvalue weighted by molar-refractivity contribution is 5.66. The van der Waals surface area contributed by atoms with Gasteiger partial charge in [0.25, 0.3) is 0 Å². The SMILES string of the molecule is CCCCCc1ccc(CCC=CC2CCC(c3ccc(-c4ccc(OCCC)c(F)c4F)c(F)c3F)CC2)cc1. The zero-order valence-corrected chi connectivity index (χ0v) is 24.3. The molecule has 220 valence electrons. The van der Waals surface area contributed by atoms with Gasteiger partial charge < -0.3 is 4.74 Å². The minimum atomic E-state index is -1.24. The summed E-state index contributed by atoms with van der Waals surface area (Å²) in [5.74, 6) is -4.43. The van der Waals surface area contributed by atoms with Crippen LogP contribution in [0.3, 0.4) is 0 Å². The molecule has 1 aliphatic rings. The van der Waals surface area contributed by atoms with Crippen molar-refractivity contribution < 1.29 is 22.3 Å². The normalized spacial score (nSPS) is 17.3. The first kappa shape index (κ1) is 30.9. The Balaban J connectivity index is 1.30. The second-order valence-electron chi connectivity index (χ2n) is 11.3. The molecule has 1 saturated carbocycles. The van der Waals surface area contributed by atoms with Crippen molar-refractivity contribution in [1.29, 1.82) is 0 Å². The van der Waals surface area contributed by atoms with Crippen LogP contribution in [0.5, 0.6) is 5.75 Å². The Hall–Kier alpha value is -3.08. The van der Waals surface area contributed by atoms with E-state index < -0.39 is 23.3 Å². The molecule has 5 heteroatoms. The topological polar surface area (TPSA) is 9.23 Å². The van der Waals surface area contributed by atoms with Crippen molar-refractivity contribution in [2.24, 2.45) is 5.92 Å². The maximum Gasteiger partial charge on any atom is 0.201 e. The van der Waals surface area contributed by atoms with Crippen LogP contribution in [0.25, 0.3) is 11.1 Å². The van der Waals surface area contributed by atoms with Crippen molar-refractivity contribution in [3.8, 4) is 16.9 Å². The van der Waals surface area contributed by atoms with E-state index in [4.69, 9.17) is 4.74 Å². The fraction of sp³-hybridized carbons (Fsp3) is 0.444. The maximum absolute atomic E-state index is 15.2. The molecule has 1 aliphatic carbocycles. The van der Waals surface area contributed by atoms with Crippen molar-refractivity contribution in [1.82, 2.24) is 0 Å². The summed E-state index contributed by atoms with van der Waals surface area (Å²) in [6.07, 6.45) is 15.4. The zero-order valence-electron chi connectivity index (χ0n) is 24.3. The predicted octanol–water partition coefficient (Wildman–Crippen LogP) is 10.9. The Labute approximate surface area is 242 Å². The van der Waals surface area contributed by atoms with E-state index in [9.17, 15) is 8.78 Å². The number of benzene rings is 3. The smallest absolute Gasteiger partial charge is 0.201 e. The summed E-state index contributed by atoms with van der Waals surface area (Å²) in [4.78, 5) is 0. The number of rotatable bonds is 13. The number of hydrogen-bond acceptors (Lipinski definition) is 1. The Kier molecular flexibility index (Phi) is 11.5. The molecule has 0 aliphatic heterocycles. The van der Waals surface area contributed by atoms with Crippen LogP contribution in [0.4, 0.5) is 17.6 Å². The fourth-order valence-electron chi connectivity index (χ4n) is 5.76. The molecule has 3 aromatic rings. The second-order valence-corrected chi connectivity index (χ2v) is 11.3. The van der Waals surface area contributed by atoms with E-state index in [1.165, 1.54) is 54.7 Å². The molecule has 0 bridgehead atoms. The summed E-state index contributed by atoms with van der Waals surface area (Å²) < 4.78 is 64.7. The first-order chi connectivity index (χ1) is 19.9. The Bertz CT molecular complexity index is 1290. The molecule has 41 heavy (non-hydrogen) atoms. The molecule has 0 unspecified atom stereocenters. The van der Waals surface area contributed by atoms with Gasteiger partial charge in [-0.2, -0.15) is 4.39 Å². The first-order valence-corrected chi connectivity index (χ1v) is 15.3. The number of unbranched alkanes of at least 4 members (excludes halogenated alkanes) is 2. The van der Waals surface area contributed by atoms with E-state index in [1.807, 2.05) is 6.92 Å². The molecule has 1 fully saturated rings. The number of hydrogen-bond donors (Lipinski definition) is 0. The van der Waals surface area contributed by atoms with Crippen molar-refractivity contribution in [2.45, 2.75) is 90.4 Å². The molecule has 0 saturated heterocycles. The van der Waals surface area contributed by atoms with Gasteiger partial charge in [-0.1, -0.05) is 75.2 Å². The predicted molar refractivity (Wildman–Crippen MR) is 159 cm³/mol. The Morgan fingerprint density at radius 2 is 1.32 bits per heavy atom. The zero-order chi connectivity index (χ0) is 29.2. The number of halogens is 4. The van der Waals surface area contributed by atoms with E-state index in [0.717, 1.165) is 44.9 Å². The minimum absolute atomic E-state index is 0.0922. The molecule has 0 spiro atoms. The third kappa shape index (κ3) is 8.02. The van der Waals surface area contributed by atoms with Gasteiger partial charge >= 0.3 is 0 Å². The van der Waals surface area contributed by atoms with Gasteiger partial charge in [0.2, 0.25) is 5.82 Å². The van der Waals surface area contributed by atoms with Crippen LogP contribution >= 0.6 is 0 Å². The summed E-state index contributed by atoms with van der Waals surface area (Å²) in [5.41, 5.74) is 2.48. The van der Waals surface area contributed by atoms with Crippen LogP contribution in [0, 0.1) is 29.2 Å². The van der Waals surface area contributed by atoms with Gasteiger partial charge in [0.1, 0.15) is 0 Å². The van der Waals surface area contributed by atoms with Crippen molar-refractivity contribution >= 4 is 0 Å². The fourth-order valence-corrected chi connectivity index (χ4v) is 5.76. The number of aryl methyl sites for hydroxylation is 2. The highest BCUT2D eigenvalue weighted by Gasteiger charge is 2.27. The molecule has 0 aromatic heterocycles. The monoisotopic (exact) mass is 566 g/mol. The van der Waals surface area contributed by atoms with Gasteiger partial charge in [0.05, 0.1) is 6.61 Å². The third-order valence-corrected chi connectivity index (χ3v) is 8.22. The van der Waals surface area contributed by atoms with Gasteiger partial charge in [-0.25, -0.2) is 13.2 Å². The van der Waals surface area contributed by atoms with Crippen LogP contribution in [0.15, 0.2) is 60.7 Å². The lowest BCUT2D eigenvalue weighted by molar-refractivity contribution is 0.295. The summed E-state index contributed by atoms with van der Waals surface area (Å²) in [7, 11) is 0. The standard InChI is InChI=1S/C36H42F4O/c1-3-5-6-9-25-12-14-26(15-13-25)10-7-8-11-27-16-18-28(19-17-27)29-20-21-30(34(38)33(29)37)31-22-23-32(41-24-4-2)36(40)35(31)39/h8,11-15,20-23,27-28H,3-7,9-10,16-19,24H2,1-2H3. The Morgan fingerprint density at radius 3 is 1.98 bits per heavy atom. The van der Waals surface area contributed by atoms with E-state index in [0.29, 0.717) is 17.9 Å². The van der Waals surface area contributed by atoms with Gasteiger partial charge in [0, 0.05) is 11.1 Å². The van der Waals surface area contributed by atoms with Gasteiger partial charge in [-0.3, -0.25) is 0 Å². The molecular formula is C36H42F4O. The largest absolute Gasteiger partial charge is 0.490 e. The van der Waals surface area contributed by atoms with Crippen LogP contribution in [-0.2, 0) is 12.8 Å². The second kappa shape index (κ2) is 15.2. The highest BCUT2D eigenvalue weighted by atomic mass is 19.2. The number of allylic oxidation sites excluding steroid dienone is 2. The molecule has 0 N–H and O–H groups in total. The molecular weight excluding hydrogens is 524 g/mol. The lowest BCUT2D eigenvalue weighted by Gasteiger charge is -2.27. The lowest BCUT2D eigenvalue weighted by atomic mass is 9.78. The summed E-state index contributed by atoms with van der Waals surface area (Å²) in [5, 5.41) is 0. The maximum atomic E-state index is 15.2. The van der Waals surface area contributed by atoms with Crippen molar-refractivity contribution in [2.75, 3.05) is 6.61 Å². The summed E-state index contributed by atoms with van der Waals surface area (Å²) in [6.45, 7) is 4.31. The molecule has 4 rings (SSSR count). The van der Waals surface area contributed by atoms with Crippen LogP contribution in [-0.4, -0.2) is 6.61 Å². The lowest BCUT2D eigenvalue weighted by Crippen LogP contribution is -2.14. The summed E-state index contributed by atoms with van der Waals surface area (Å²) >= 11 is 0. The highest BCUT2D eigenvalue weighted by Crippen LogP contribution is 2.40. The molecule has 3 aromatic carbocycles. The van der Waals surface area contributed by atoms with Crippen LogP contribution in [0.1, 0.15) is 94.2 Å². The van der Waals surface area contributed by atoms with Gasteiger partial charge in [0.15, 0.2) is 23.2 Å². The minimum Gasteiger partial charge on any atom is -0.490 e. The van der Waals surface area contributed by atoms with Crippen LogP contribution < -0.4 is 4.74 Å². The average molecular weight is 567 g/mol. The van der Waals surface area contributed by atoms with E-state index in [2.05, 4.69) is 43.3 Å². The Morgan fingerprint density at radius 1 is 0.683 bits per heavy atom. The molecule has 0 radical (unpaired) electrons. The van der Waals surface area contributed by atoms with Gasteiger partial charge in [-0.15, -0.1) is 0 Å². The molecule has 0 atom stereocenters. The molecule has 1 nitrogen and oxygen atoms in total. The number of ether oxygens (including phenoxy) is 1. The summed E-state index contributed by atoms with van der Waals surface area (Å²) in [6, 6.07) is 14.4. The molecule has 0 amide bonds. The van der Waals surface area contributed by atoms with Crippen molar-refractivity contribution in [3.05, 3.63) is 101 Å². The van der Waals surface area contributed by atoms with E-state index >= 15 is 8.78 Å². The third-order valence-electron chi connectivity index (χ3n) is 8.22. The van der Waals surface area contributed by atoms with E-state index in [-0.39, 0.29) is 29.4 Å². The quantitative estimate of drug-likeness (QED) is 0.114. The van der Waals surface area contributed by atoms with E-state index in [1.54, 1.807) is 0 Å². The van der Waals surface area contributed by atoms with Crippen LogP contribution in [0.2, 0.25) is 0 Å². The first-order valence-electron chi connectivity index (χ1n) is 15.3. The van der Waals surface area contributed by atoms with Gasteiger partial charge in [-0.05, 0) is 98.4 Å². The molecule has 0 heterocycles.